The number of carbonyl (C=O) groups excluding carboxylic acids is 2. The van der Waals surface area contributed by atoms with Crippen LogP contribution in [0.4, 0.5) is 10.8 Å². The van der Waals surface area contributed by atoms with E-state index in [4.69, 9.17) is 0 Å². The number of ketones is 1. The molecule has 41 heavy (non-hydrogen) atoms. The van der Waals surface area contributed by atoms with Gasteiger partial charge in [0.05, 0.1) is 22.2 Å². The van der Waals surface area contributed by atoms with E-state index in [0.29, 0.717) is 27.0 Å². The number of aromatic nitrogens is 4. The van der Waals surface area contributed by atoms with Crippen LogP contribution in [0.5, 0.6) is 0 Å². The highest BCUT2D eigenvalue weighted by Gasteiger charge is 2.49. The SMILES string of the molecule is Cc1nc2ccccn2c1/C(O)=C1\C(=O)C(=O)N(c2nnc(SCc3ccccc3)s2)C1c1ccc([N+](=O)[O-])cc1. The van der Waals surface area contributed by atoms with Crippen molar-refractivity contribution in [1.82, 2.24) is 19.6 Å². The molecule has 11 nitrogen and oxygen atoms in total. The molecule has 0 radical (unpaired) electrons. The first-order chi connectivity index (χ1) is 19.8. The number of rotatable bonds is 7. The van der Waals surface area contributed by atoms with E-state index in [1.54, 1.807) is 35.7 Å². The molecule has 6 rings (SSSR count). The Balaban J connectivity index is 1.46. The summed E-state index contributed by atoms with van der Waals surface area (Å²) in [5.74, 6) is -1.58. The van der Waals surface area contributed by atoms with Crippen LogP contribution < -0.4 is 4.90 Å². The second-order valence-electron chi connectivity index (χ2n) is 9.12. The normalized spacial score (nSPS) is 16.5. The monoisotopic (exact) mass is 584 g/mol. The van der Waals surface area contributed by atoms with E-state index in [2.05, 4.69) is 15.2 Å². The average Bonchev–Trinajstić information content (AvgIpc) is 3.66. The molecule has 204 valence electrons. The summed E-state index contributed by atoms with van der Waals surface area (Å²) in [7, 11) is 0. The summed E-state index contributed by atoms with van der Waals surface area (Å²) in [6, 6.07) is 19.5. The van der Waals surface area contributed by atoms with Crippen LogP contribution in [0.15, 0.2) is 88.9 Å². The van der Waals surface area contributed by atoms with Crippen molar-refractivity contribution in [2.24, 2.45) is 0 Å². The van der Waals surface area contributed by atoms with Crippen LogP contribution in [0.3, 0.4) is 0 Å². The molecule has 1 aliphatic heterocycles. The van der Waals surface area contributed by atoms with Crippen LogP contribution in [0.1, 0.15) is 28.6 Å². The quantitative estimate of drug-likeness (QED) is 0.0511. The van der Waals surface area contributed by atoms with Gasteiger partial charge in [-0.25, -0.2) is 4.98 Å². The predicted octanol–water partition coefficient (Wildman–Crippen LogP) is 5.32. The minimum absolute atomic E-state index is 0.154. The molecular weight excluding hydrogens is 564 g/mol. The van der Waals surface area contributed by atoms with Crippen LogP contribution in [-0.2, 0) is 15.3 Å². The molecule has 1 fully saturated rings. The van der Waals surface area contributed by atoms with Gasteiger partial charge in [0.25, 0.3) is 11.5 Å². The number of thioether (sulfide) groups is 1. The summed E-state index contributed by atoms with van der Waals surface area (Å²) in [5, 5.41) is 31.5. The smallest absolute Gasteiger partial charge is 0.301 e. The molecule has 1 unspecified atom stereocenters. The van der Waals surface area contributed by atoms with Gasteiger partial charge in [0.15, 0.2) is 10.1 Å². The summed E-state index contributed by atoms with van der Waals surface area (Å²) in [5.41, 5.74) is 2.42. The Hall–Kier alpha value is -4.88. The van der Waals surface area contributed by atoms with Crippen LogP contribution in [0, 0.1) is 17.0 Å². The maximum absolute atomic E-state index is 13.6. The molecule has 1 aliphatic rings. The number of carbonyl (C=O) groups is 2. The highest BCUT2D eigenvalue weighted by atomic mass is 32.2. The number of amides is 1. The molecule has 0 spiro atoms. The van der Waals surface area contributed by atoms with Crippen molar-refractivity contribution < 1.29 is 19.6 Å². The summed E-state index contributed by atoms with van der Waals surface area (Å²) in [6.07, 6.45) is 1.70. The van der Waals surface area contributed by atoms with E-state index in [1.807, 2.05) is 30.3 Å². The fourth-order valence-electron chi connectivity index (χ4n) is 4.73. The number of non-ortho nitro benzene ring substituents is 1. The van der Waals surface area contributed by atoms with Crippen LogP contribution in [0.25, 0.3) is 11.4 Å². The van der Waals surface area contributed by atoms with Crippen LogP contribution in [0.2, 0.25) is 0 Å². The first kappa shape index (κ1) is 26.3. The number of aliphatic hydroxyl groups excluding tert-OH is 1. The van der Waals surface area contributed by atoms with Gasteiger partial charge in [-0.3, -0.25) is 29.0 Å². The Labute approximate surface area is 241 Å². The minimum Gasteiger partial charge on any atom is -0.505 e. The summed E-state index contributed by atoms with van der Waals surface area (Å²) >= 11 is 2.58. The van der Waals surface area contributed by atoms with Crippen molar-refractivity contribution in [3.05, 3.63) is 117 Å². The number of aryl methyl sites for hydroxylation is 1. The number of nitro groups is 1. The van der Waals surface area contributed by atoms with Gasteiger partial charge in [-0.05, 0) is 42.3 Å². The topological polar surface area (TPSA) is 144 Å². The molecule has 3 aromatic heterocycles. The van der Waals surface area contributed by atoms with E-state index < -0.39 is 28.4 Å². The fraction of sp³-hybridized carbons (Fsp3) is 0.107. The Morgan fingerprint density at radius 2 is 1.78 bits per heavy atom. The minimum atomic E-state index is -1.11. The maximum atomic E-state index is 13.6. The van der Waals surface area contributed by atoms with E-state index in [9.17, 15) is 24.8 Å². The van der Waals surface area contributed by atoms with Crippen molar-refractivity contribution in [2.45, 2.75) is 23.1 Å². The Morgan fingerprint density at radius 1 is 1.05 bits per heavy atom. The largest absolute Gasteiger partial charge is 0.505 e. The third-order valence-electron chi connectivity index (χ3n) is 6.60. The molecule has 1 saturated heterocycles. The Morgan fingerprint density at radius 3 is 2.51 bits per heavy atom. The molecule has 1 N–H and O–H groups in total. The number of benzene rings is 2. The second-order valence-corrected chi connectivity index (χ2v) is 11.3. The zero-order valence-electron chi connectivity index (χ0n) is 21.4. The van der Waals surface area contributed by atoms with Crippen molar-refractivity contribution in [3.63, 3.8) is 0 Å². The maximum Gasteiger partial charge on any atom is 0.301 e. The molecule has 0 aliphatic carbocycles. The predicted molar refractivity (Wildman–Crippen MR) is 154 cm³/mol. The van der Waals surface area contributed by atoms with Gasteiger partial charge in [0.2, 0.25) is 5.13 Å². The summed E-state index contributed by atoms with van der Waals surface area (Å²) in [4.78, 5) is 43.5. The summed E-state index contributed by atoms with van der Waals surface area (Å²) < 4.78 is 2.22. The average molecular weight is 585 g/mol. The van der Waals surface area contributed by atoms with E-state index >= 15 is 0 Å². The number of hydrogen-bond donors (Lipinski definition) is 1. The lowest BCUT2D eigenvalue weighted by atomic mass is 9.96. The third kappa shape index (κ3) is 4.74. The van der Waals surface area contributed by atoms with Crippen molar-refractivity contribution in [2.75, 3.05) is 4.90 Å². The number of hydrogen-bond acceptors (Lipinski definition) is 10. The van der Waals surface area contributed by atoms with Gasteiger partial charge in [0, 0.05) is 24.1 Å². The lowest BCUT2D eigenvalue weighted by molar-refractivity contribution is -0.384. The number of Topliss-reactive ketones (excluding diaryl/α,β-unsaturated/α-hetero) is 1. The van der Waals surface area contributed by atoms with Gasteiger partial charge in [0.1, 0.15) is 11.3 Å². The number of nitro benzene ring substituents is 1. The van der Waals surface area contributed by atoms with Crippen LogP contribution in [-0.4, -0.2) is 41.3 Å². The number of nitrogens with zero attached hydrogens (tertiary/aromatic N) is 6. The zero-order valence-corrected chi connectivity index (χ0v) is 23.0. The molecule has 1 amide bonds. The standard InChI is InChI=1S/C28H20N6O5S2/c1-16-22(32-14-6-5-9-20(32)29-16)24(35)21-23(18-10-12-19(13-11-18)34(38)39)33(26(37)25(21)36)27-30-31-28(41-27)40-15-17-7-3-2-4-8-17/h2-14,23,35H,15H2,1H3/b24-21+. The van der Waals surface area contributed by atoms with E-state index in [0.717, 1.165) is 16.9 Å². The van der Waals surface area contributed by atoms with Crippen molar-refractivity contribution in [1.29, 1.82) is 0 Å². The Kier molecular flexibility index (Phi) is 6.81. The third-order valence-corrected chi connectivity index (χ3v) is 8.73. The molecule has 5 aromatic rings. The lowest BCUT2D eigenvalue weighted by Gasteiger charge is -2.22. The Bertz CT molecular complexity index is 1850. The van der Waals surface area contributed by atoms with Gasteiger partial charge in [-0.1, -0.05) is 59.5 Å². The lowest BCUT2D eigenvalue weighted by Crippen LogP contribution is -2.29. The van der Waals surface area contributed by atoms with Gasteiger partial charge in [-0.15, -0.1) is 10.2 Å². The van der Waals surface area contributed by atoms with Gasteiger partial charge in [-0.2, -0.15) is 0 Å². The number of anilines is 1. The highest BCUT2D eigenvalue weighted by molar-refractivity contribution is 8.00. The molecule has 0 bridgehead atoms. The molecule has 2 aromatic carbocycles. The molecule has 1 atom stereocenters. The molecular formula is C28H20N6O5S2. The van der Waals surface area contributed by atoms with Gasteiger partial charge >= 0.3 is 5.91 Å². The number of imidazole rings is 1. The molecule has 4 heterocycles. The number of aliphatic hydroxyl groups is 1. The van der Waals surface area contributed by atoms with Crippen LogP contribution >= 0.6 is 23.1 Å². The first-order valence-corrected chi connectivity index (χ1v) is 14.1. The van der Waals surface area contributed by atoms with E-state index in [1.165, 1.54) is 40.9 Å². The summed E-state index contributed by atoms with van der Waals surface area (Å²) in [6.45, 7) is 1.69. The second kappa shape index (κ2) is 10.6. The number of pyridine rings is 1. The fourth-order valence-corrected chi connectivity index (χ4v) is 6.55. The zero-order chi connectivity index (χ0) is 28.7. The van der Waals surface area contributed by atoms with Crippen molar-refractivity contribution >= 4 is 57.0 Å². The molecule has 13 heteroatoms. The first-order valence-electron chi connectivity index (χ1n) is 12.3. The van der Waals surface area contributed by atoms with Gasteiger partial charge < -0.3 is 5.11 Å². The van der Waals surface area contributed by atoms with E-state index in [-0.39, 0.29) is 22.1 Å². The number of fused-ring (bicyclic) bond motifs is 1. The highest BCUT2D eigenvalue weighted by Crippen LogP contribution is 2.44. The molecule has 0 saturated carbocycles. The van der Waals surface area contributed by atoms with Crippen molar-refractivity contribution in [3.8, 4) is 0 Å².